The zero-order valence-corrected chi connectivity index (χ0v) is 38.1. The van der Waals surface area contributed by atoms with Gasteiger partial charge in [-0.1, -0.05) is 68.7 Å². The summed E-state index contributed by atoms with van der Waals surface area (Å²) in [7, 11) is -8.36. The third-order valence-corrected chi connectivity index (χ3v) is 10.6. The molecule has 0 saturated heterocycles. The summed E-state index contributed by atoms with van der Waals surface area (Å²) in [5.41, 5.74) is 11.6. The van der Waals surface area contributed by atoms with E-state index in [1.165, 1.54) is 27.8 Å². The molecule has 310 valence electrons. The molecule has 0 spiro atoms. The van der Waals surface area contributed by atoms with Crippen molar-refractivity contribution in [3.63, 3.8) is 0 Å². The minimum atomic E-state index is -4.78. The fourth-order valence-electron chi connectivity index (χ4n) is 5.87. The molecule has 0 aliphatic carbocycles. The molecular weight excluding hydrogens is 856 g/mol. The van der Waals surface area contributed by atoms with Crippen LogP contribution in [0.5, 0.6) is 0 Å². The van der Waals surface area contributed by atoms with Gasteiger partial charge < -0.3 is 4.89 Å². The number of Topliss-reactive ketones (excluding diaryl/α,β-unsaturated/α-hetero) is 1. The van der Waals surface area contributed by atoms with E-state index in [1.54, 1.807) is 26.0 Å². The van der Waals surface area contributed by atoms with Gasteiger partial charge in [0.15, 0.2) is 5.78 Å². The maximum Gasteiger partial charge on any atom is 0.561 e. The molecule has 8 nitrogen and oxygen atoms in total. The average Bonchev–Trinajstić information content (AvgIpc) is 3.11. The van der Waals surface area contributed by atoms with Crippen molar-refractivity contribution >= 4 is 65.4 Å². The molecule has 0 saturated carbocycles. The van der Waals surface area contributed by atoms with E-state index in [1.807, 2.05) is 26.0 Å². The molecule has 0 fully saturated rings. The number of fused-ring (bicyclic) bond motifs is 1. The number of carbonyl (C=O) groups excluding carboxylic acids is 1. The lowest BCUT2D eigenvalue weighted by atomic mass is 9.88. The minimum Gasteiger partial charge on any atom is -0.588 e. The van der Waals surface area contributed by atoms with Crippen molar-refractivity contribution in [3.8, 4) is 0 Å². The molecular formula is C41H49Cl3F2NO7P3. The summed E-state index contributed by atoms with van der Waals surface area (Å²) < 4.78 is 55.8. The Labute approximate surface area is 349 Å². The topological polar surface area (TPSA) is 144 Å². The van der Waals surface area contributed by atoms with Crippen LogP contribution in [0.2, 0.25) is 0 Å². The van der Waals surface area contributed by atoms with Crippen LogP contribution >= 0.6 is 53.9 Å². The third-order valence-electron chi connectivity index (χ3n) is 8.90. The Bertz CT molecular complexity index is 2120. The van der Waals surface area contributed by atoms with Gasteiger partial charge in [0.05, 0.1) is 5.71 Å². The fourth-order valence-corrected chi connectivity index (χ4v) is 5.87. The average molecular weight is 905 g/mol. The summed E-state index contributed by atoms with van der Waals surface area (Å²) in [5.74, 6) is 0.791. The van der Waals surface area contributed by atoms with Gasteiger partial charge in [-0.15, -0.1) is 0 Å². The minimum absolute atomic E-state index is 0.0926. The number of aryl methyl sites for hydroxylation is 5. The summed E-state index contributed by atoms with van der Waals surface area (Å²) in [5, 5.41) is -3.22. The molecule has 1 heterocycles. The van der Waals surface area contributed by atoms with Crippen molar-refractivity contribution in [2.45, 2.75) is 92.9 Å². The molecule has 5 rings (SSSR count). The van der Waals surface area contributed by atoms with Gasteiger partial charge in [-0.3, -0.25) is 24.1 Å². The summed E-state index contributed by atoms with van der Waals surface area (Å²) >= 11 is 13.8. The lowest BCUT2D eigenvalue weighted by Crippen LogP contribution is -2.15. The maximum absolute atomic E-state index is 13.9. The highest BCUT2D eigenvalue weighted by Crippen LogP contribution is 2.61. The fraction of sp³-hybridized carbons (Fsp3) is 0.366. The summed E-state index contributed by atoms with van der Waals surface area (Å²) in [6, 6.07) is 22.4. The number of ketones is 1. The first-order valence-corrected chi connectivity index (χ1v) is 25.9. The van der Waals surface area contributed by atoms with Crippen LogP contribution in [-0.2, 0) is 26.5 Å². The second kappa shape index (κ2) is 22.7. The number of aliphatic imine (C=N–C) groups is 1. The Morgan fingerprint density at radius 3 is 1.68 bits per heavy atom. The van der Waals surface area contributed by atoms with Gasteiger partial charge in [0, 0.05) is 29.7 Å². The van der Waals surface area contributed by atoms with E-state index in [0.29, 0.717) is 46.1 Å². The van der Waals surface area contributed by atoms with Crippen LogP contribution in [0.4, 0.5) is 8.78 Å². The van der Waals surface area contributed by atoms with Crippen molar-refractivity contribution in [2.24, 2.45) is 4.99 Å². The number of hydrogen-bond acceptors (Lipinski definition) is 6. The van der Waals surface area contributed by atoms with Gasteiger partial charge in [0.2, 0.25) is 0 Å². The van der Waals surface area contributed by atoms with Crippen molar-refractivity contribution in [3.05, 3.63) is 140 Å². The van der Waals surface area contributed by atoms with Gasteiger partial charge in [-0.25, -0.2) is 13.3 Å². The number of benzene rings is 4. The lowest BCUT2D eigenvalue weighted by Gasteiger charge is -2.20. The van der Waals surface area contributed by atoms with Crippen molar-refractivity contribution < 1.29 is 42.0 Å². The van der Waals surface area contributed by atoms with Crippen molar-refractivity contribution in [1.82, 2.24) is 0 Å². The van der Waals surface area contributed by atoms with Crippen LogP contribution in [0.3, 0.4) is 0 Å². The molecule has 4 aromatic carbocycles. The van der Waals surface area contributed by atoms with Gasteiger partial charge in [0.1, 0.15) is 11.6 Å². The van der Waals surface area contributed by atoms with E-state index in [-0.39, 0.29) is 17.4 Å². The highest BCUT2D eigenvalue weighted by atomic mass is 36.0. The van der Waals surface area contributed by atoms with Crippen LogP contribution in [0.1, 0.15) is 118 Å². The first-order valence-electron chi connectivity index (χ1n) is 18.0. The van der Waals surface area contributed by atoms with Gasteiger partial charge in [-0.2, -0.15) is 0 Å². The highest BCUT2D eigenvalue weighted by molar-refractivity contribution is 8.24. The normalized spacial score (nSPS) is 12.6. The van der Waals surface area contributed by atoms with Crippen LogP contribution in [0, 0.1) is 39.3 Å². The molecule has 1 unspecified atom stereocenters. The van der Waals surface area contributed by atoms with Crippen molar-refractivity contribution in [2.75, 3.05) is 6.54 Å². The molecule has 4 aromatic rings. The molecule has 0 radical (unpaired) electrons. The number of carbonyl (C=O) groups is 1. The second-order valence-electron chi connectivity index (χ2n) is 14.2. The van der Waals surface area contributed by atoms with Gasteiger partial charge in [-0.05, 0) is 167 Å². The molecule has 2 N–H and O–H groups in total. The van der Waals surface area contributed by atoms with E-state index in [0.717, 1.165) is 37.1 Å². The summed E-state index contributed by atoms with van der Waals surface area (Å²) in [6.45, 7) is 16.6. The Hall–Kier alpha value is -2.61. The van der Waals surface area contributed by atoms with E-state index in [2.05, 4.69) is 104 Å². The molecule has 1 aliphatic rings. The number of halogens is 5. The van der Waals surface area contributed by atoms with Crippen molar-refractivity contribution in [1.29, 1.82) is 0 Å². The largest absolute Gasteiger partial charge is 0.588 e. The molecule has 0 aromatic heterocycles. The van der Waals surface area contributed by atoms with Gasteiger partial charge in [0.25, 0.3) is 0 Å². The Kier molecular flexibility index (Phi) is 20.1. The predicted molar refractivity (Wildman–Crippen MR) is 229 cm³/mol. The zero-order chi connectivity index (χ0) is 43.4. The first-order chi connectivity index (χ1) is 26.3. The molecule has 1 atom stereocenters. The number of hydrogen-bond donors (Lipinski definition) is 2. The van der Waals surface area contributed by atoms with Crippen LogP contribution in [-0.4, -0.2) is 27.8 Å². The van der Waals surface area contributed by atoms with E-state index in [9.17, 15) is 32.2 Å². The highest BCUT2D eigenvalue weighted by Gasteiger charge is 2.30. The summed E-state index contributed by atoms with van der Waals surface area (Å²) in [6.07, 6.45) is 3.19. The SMILES string of the molecule is Cc1cc(C(=O)CCCc2ccc(C(C)C)cc2)cc(C)c1F.Cc1cc(C2=NCCc3ccc(C(C)C)cc32)cc(C)c1F.O=P(Cl)(Cl)Cl.O=[P+]([O-])P(=O)(O)O. The molecule has 0 bridgehead atoms. The van der Waals surface area contributed by atoms with Crippen LogP contribution in [0.25, 0.3) is 0 Å². The standard InChI is InChI=1S/C21H25FO.C20H22FN.Cl3OP.H2O5P2/c1-14(2)18-10-8-17(9-11-18)6-5-7-20(23)19-12-15(3)21(22)16(4)13-19;1-12(2)16-6-5-15-7-8-22-20(18(15)11-16)17-9-13(3)19(21)14(4)10-17;1-5(2,3)4;1-6(2)7(3,4)5/h8-14H,5-7H2,1-4H3;5-6,9-12H,7-8H2,1-4H3;;(H2,3,4,5). The van der Waals surface area contributed by atoms with Crippen LogP contribution < -0.4 is 4.89 Å². The first kappa shape index (κ1) is 50.5. The van der Waals surface area contributed by atoms with E-state index < -0.39 is 20.2 Å². The molecule has 16 heteroatoms. The van der Waals surface area contributed by atoms with E-state index in [4.69, 9.17) is 14.8 Å². The molecule has 1 aliphatic heterocycles. The molecule has 0 amide bonds. The zero-order valence-electron chi connectivity index (χ0n) is 33.2. The van der Waals surface area contributed by atoms with Gasteiger partial charge >= 0.3 is 20.2 Å². The summed E-state index contributed by atoms with van der Waals surface area (Å²) in [4.78, 5) is 41.5. The third kappa shape index (κ3) is 17.3. The number of rotatable bonds is 9. The van der Waals surface area contributed by atoms with E-state index >= 15 is 0 Å². The lowest BCUT2D eigenvalue weighted by molar-refractivity contribution is -0.160. The smallest absolute Gasteiger partial charge is 0.561 e. The second-order valence-corrected chi connectivity index (χ2v) is 24.9. The maximum atomic E-state index is 13.9. The monoisotopic (exact) mass is 903 g/mol. The Balaban J connectivity index is 0.000000307. The number of nitrogens with zero attached hydrogens (tertiary/aromatic N) is 1. The van der Waals surface area contributed by atoms with Crippen LogP contribution in [0.15, 0.2) is 71.7 Å². The quantitative estimate of drug-likeness (QED) is 0.126. The Morgan fingerprint density at radius 1 is 0.807 bits per heavy atom. The predicted octanol–water partition coefficient (Wildman–Crippen LogP) is 12.7. The Morgan fingerprint density at radius 2 is 1.25 bits per heavy atom. The molecule has 57 heavy (non-hydrogen) atoms.